The number of amides is 2. The average Bonchev–Trinajstić information content (AvgIpc) is 3.21. The van der Waals surface area contributed by atoms with Crippen molar-refractivity contribution in [1.29, 1.82) is 0 Å². The van der Waals surface area contributed by atoms with Gasteiger partial charge in [-0.3, -0.25) is 25.3 Å². The quantitative estimate of drug-likeness (QED) is 0.321. The summed E-state index contributed by atoms with van der Waals surface area (Å²) < 4.78 is 11.4. The van der Waals surface area contributed by atoms with E-state index < -0.39 is 11.8 Å². The molecule has 2 heterocycles. The number of carbonyl (C=O) groups is 2. The van der Waals surface area contributed by atoms with Crippen LogP contribution in [0, 0.1) is 0 Å². The van der Waals surface area contributed by atoms with Crippen LogP contribution in [-0.4, -0.2) is 63.2 Å². The second-order valence-electron chi connectivity index (χ2n) is 7.83. The number of thiophene rings is 1. The van der Waals surface area contributed by atoms with Crippen LogP contribution < -0.4 is 20.9 Å². The largest absolute Gasteiger partial charge is 0.497 e. The number of hydrogen-bond donors (Lipinski definition) is 3. The molecule has 0 radical (unpaired) electrons. The predicted octanol–water partition coefficient (Wildman–Crippen LogP) is 3.77. The first-order chi connectivity index (χ1) is 16.5. The molecule has 0 spiro atoms. The summed E-state index contributed by atoms with van der Waals surface area (Å²) in [4.78, 5) is 27.8. The molecule has 0 saturated carbocycles. The number of morpholine rings is 1. The normalized spacial score (nSPS) is 14.1. The second-order valence-corrected chi connectivity index (χ2v) is 9.26. The third kappa shape index (κ3) is 5.98. The molecule has 180 valence electrons. The third-order valence-corrected chi connectivity index (χ3v) is 7.22. The molecule has 1 fully saturated rings. The van der Waals surface area contributed by atoms with Crippen molar-refractivity contribution in [1.82, 2.24) is 15.8 Å². The van der Waals surface area contributed by atoms with Crippen LogP contribution in [-0.2, 0) is 4.74 Å². The first-order valence-corrected chi connectivity index (χ1v) is 12.3. The Morgan fingerprint density at radius 1 is 1.09 bits per heavy atom. The summed E-state index contributed by atoms with van der Waals surface area (Å²) in [7, 11) is 1.58. The minimum Gasteiger partial charge on any atom is -0.497 e. The Balaban J connectivity index is 1.25. The molecule has 2 amide bonds. The Kier molecular flexibility index (Phi) is 8.23. The molecule has 10 heteroatoms. The predicted molar refractivity (Wildman–Crippen MR) is 135 cm³/mol. The maximum atomic E-state index is 12.6. The van der Waals surface area contributed by atoms with Gasteiger partial charge in [-0.1, -0.05) is 11.6 Å². The van der Waals surface area contributed by atoms with Gasteiger partial charge < -0.3 is 14.8 Å². The number of hydrazine groups is 1. The van der Waals surface area contributed by atoms with E-state index in [4.69, 9.17) is 21.1 Å². The minimum absolute atomic E-state index is 0.321. The van der Waals surface area contributed by atoms with Gasteiger partial charge in [0.2, 0.25) is 0 Å². The second kappa shape index (κ2) is 11.5. The summed E-state index contributed by atoms with van der Waals surface area (Å²) in [6.45, 7) is 5.48. The fourth-order valence-corrected chi connectivity index (χ4v) is 5.10. The van der Waals surface area contributed by atoms with Crippen LogP contribution in [0.25, 0.3) is 10.1 Å². The molecule has 3 aromatic rings. The van der Waals surface area contributed by atoms with Crippen LogP contribution in [0.3, 0.4) is 0 Å². The molecular weight excluding hydrogens is 476 g/mol. The highest BCUT2D eigenvalue weighted by atomic mass is 35.5. The smallest absolute Gasteiger partial charge is 0.281 e. The van der Waals surface area contributed by atoms with E-state index in [0.717, 1.165) is 61.6 Å². The number of rotatable bonds is 8. The Labute approximate surface area is 207 Å². The Hall–Kier alpha value is -2.85. The van der Waals surface area contributed by atoms with E-state index in [2.05, 4.69) is 21.1 Å². The number of ether oxygens (including phenoxy) is 2. The van der Waals surface area contributed by atoms with E-state index in [-0.39, 0.29) is 0 Å². The number of hydrogen-bond acceptors (Lipinski definition) is 7. The summed E-state index contributed by atoms with van der Waals surface area (Å²) in [6.07, 6.45) is 1.03. The Morgan fingerprint density at radius 3 is 2.56 bits per heavy atom. The van der Waals surface area contributed by atoms with E-state index in [1.54, 1.807) is 31.4 Å². The summed E-state index contributed by atoms with van der Waals surface area (Å²) in [5.74, 6) is -0.205. The van der Waals surface area contributed by atoms with Crippen molar-refractivity contribution in [2.24, 2.45) is 0 Å². The van der Waals surface area contributed by atoms with E-state index in [1.165, 1.54) is 11.3 Å². The molecular formula is C24H27ClN4O4S. The number of nitrogens with zero attached hydrogens (tertiary/aromatic N) is 1. The van der Waals surface area contributed by atoms with E-state index in [0.29, 0.717) is 21.2 Å². The van der Waals surface area contributed by atoms with Crippen molar-refractivity contribution < 1.29 is 19.1 Å². The van der Waals surface area contributed by atoms with Crippen LogP contribution in [0.5, 0.6) is 5.75 Å². The van der Waals surface area contributed by atoms with Gasteiger partial charge in [-0.15, -0.1) is 11.3 Å². The summed E-state index contributed by atoms with van der Waals surface area (Å²) in [5, 5.41) is 4.47. The SMILES string of the molecule is COc1ccc2c(Cl)c(C(=O)NNC(=O)c3ccc(NCCCN4CCOCC4)cc3)sc2c1. The lowest BCUT2D eigenvalue weighted by atomic mass is 10.2. The fraction of sp³-hybridized carbons (Fsp3) is 0.333. The lowest BCUT2D eigenvalue weighted by molar-refractivity contribution is 0.0378. The summed E-state index contributed by atoms with van der Waals surface area (Å²) >= 11 is 7.61. The number of nitrogens with one attached hydrogen (secondary N) is 3. The topological polar surface area (TPSA) is 91.9 Å². The Morgan fingerprint density at radius 2 is 1.82 bits per heavy atom. The molecule has 0 aliphatic carbocycles. The van der Waals surface area contributed by atoms with E-state index in [1.807, 2.05) is 18.2 Å². The number of benzene rings is 2. The molecule has 1 saturated heterocycles. The van der Waals surface area contributed by atoms with Gasteiger partial charge in [0.1, 0.15) is 10.6 Å². The first-order valence-electron chi connectivity index (χ1n) is 11.1. The van der Waals surface area contributed by atoms with Crippen molar-refractivity contribution >= 4 is 50.5 Å². The molecule has 1 aliphatic heterocycles. The molecule has 1 aliphatic rings. The van der Waals surface area contributed by atoms with Gasteiger partial charge in [-0.05, 0) is 55.4 Å². The molecule has 2 aromatic carbocycles. The van der Waals surface area contributed by atoms with Gasteiger partial charge in [-0.2, -0.15) is 0 Å². The van der Waals surface area contributed by atoms with Crippen molar-refractivity contribution in [3.8, 4) is 5.75 Å². The molecule has 3 N–H and O–H groups in total. The number of fused-ring (bicyclic) bond motifs is 1. The van der Waals surface area contributed by atoms with Crippen LogP contribution in [0.15, 0.2) is 42.5 Å². The molecule has 34 heavy (non-hydrogen) atoms. The number of methoxy groups -OCH3 is 1. The van der Waals surface area contributed by atoms with Crippen molar-refractivity contribution in [2.45, 2.75) is 6.42 Å². The van der Waals surface area contributed by atoms with Gasteiger partial charge in [-0.25, -0.2) is 0 Å². The lowest BCUT2D eigenvalue weighted by Crippen LogP contribution is -2.41. The van der Waals surface area contributed by atoms with Crippen LogP contribution in [0.2, 0.25) is 5.02 Å². The summed E-state index contributed by atoms with van der Waals surface area (Å²) in [5.41, 5.74) is 6.27. The maximum absolute atomic E-state index is 12.6. The standard InChI is InChI=1S/C24H27ClN4O4S/c1-32-18-7-8-19-20(15-18)34-22(21(19)25)24(31)28-27-23(30)16-3-5-17(6-4-16)26-9-2-10-29-11-13-33-14-12-29/h3-8,15,26H,2,9-14H2,1H3,(H,27,30)(H,28,31). The highest BCUT2D eigenvalue weighted by Crippen LogP contribution is 2.37. The fourth-order valence-electron chi connectivity index (χ4n) is 3.66. The van der Waals surface area contributed by atoms with Crippen molar-refractivity contribution in [3.05, 3.63) is 57.9 Å². The molecule has 0 bridgehead atoms. The highest BCUT2D eigenvalue weighted by Gasteiger charge is 2.18. The number of carbonyl (C=O) groups excluding carboxylic acids is 2. The molecule has 1 aromatic heterocycles. The molecule has 0 atom stereocenters. The molecule has 4 rings (SSSR count). The van der Waals surface area contributed by atoms with E-state index >= 15 is 0 Å². The van der Waals surface area contributed by atoms with Crippen molar-refractivity contribution in [3.63, 3.8) is 0 Å². The molecule has 8 nitrogen and oxygen atoms in total. The lowest BCUT2D eigenvalue weighted by Gasteiger charge is -2.26. The Bertz CT molecular complexity index is 1150. The number of halogens is 1. The van der Waals surface area contributed by atoms with Crippen LogP contribution >= 0.6 is 22.9 Å². The highest BCUT2D eigenvalue weighted by molar-refractivity contribution is 7.21. The zero-order chi connectivity index (χ0) is 23.9. The van der Waals surface area contributed by atoms with Crippen LogP contribution in [0.4, 0.5) is 5.69 Å². The van der Waals surface area contributed by atoms with Crippen LogP contribution in [0.1, 0.15) is 26.5 Å². The summed E-state index contributed by atoms with van der Waals surface area (Å²) in [6, 6.07) is 12.5. The van der Waals surface area contributed by atoms with Gasteiger partial charge in [0.15, 0.2) is 0 Å². The molecule has 0 unspecified atom stereocenters. The van der Waals surface area contributed by atoms with Gasteiger partial charge in [0.25, 0.3) is 11.8 Å². The minimum atomic E-state index is -0.475. The zero-order valence-electron chi connectivity index (χ0n) is 18.9. The number of anilines is 1. The zero-order valence-corrected chi connectivity index (χ0v) is 20.4. The monoisotopic (exact) mass is 502 g/mol. The van der Waals surface area contributed by atoms with Gasteiger partial charge >= 0.3 is 0 Å². The average molecular weight is 503 g/mol. The maximum Gasteiger partial charge on any atom is 0.281 e. The van der Waals surface area contributed by atoms with Crippen molar-refractivity contribution in [2.75, 3.05) is 51.8 Å². The third-order valence-electron chi connectivity index (χ3n) is 5.56. The van der Waals surface area contributed by atoms with Gasteiger partial charge in [0.05, 0.1) is 25.3 Å². The van der Waals surface area contributed by atoms with Gasteiger partial charge in [0, 0.05) is 41.0 Å². The first kappa shape index (κ1) is 24.3. The van der Waals surface area contributed by atoms with E-state index in [9.17, 15) is 9.59 Å².